The summed E-state index contributed by atoms with van der Waals surface area (Å²) in [6.45, 7) is 3.75. The van der Waals surface area contributed by atoms with Crippen LogP contribution in [0.1, 0.15) is 35.8 Å². The topological polar surface area (TPSA) is 72.5 Å². The number of nitrogens with one attached hydrogen (secondary N) is 1. The van der Waals surface area contributed by atoms with E-state index < -0.39 is 16.0 Å². The van der Waals surface area contributed by atoms with Crippen molar-refractivity contribution < 1.29 is 17.9 Å². The van der Waals surface area contributed by atoms with Crippen LogP contribution in [0.3, 0.4) is 0 Å². The highest BCUT2D eigenvalue weighted by atomic mass is 79.9. The first kappa shape index (κ1) is 18.6. The maximum Gasteiger partial charge on any atom is 0.338 e. The molecule has 5 nitrogen and oxygen atoms in total. The molecule has 0 spiro atoms. The zero-order chi connectivity index (χ0) is 17.7. The molecule has 0 saturated carbocycles. The van der Waals surface area contributed by atoms with Gasteiger partial charge in [-0.1, -0.05) is 28.1 Å². The van der Waals surface area contributed by atoms with Gasteiger partial charge in [0.2, 0.25) is 10.0 Å². The number of esters is 1. The summed E-state index contributed by atoms with van der Waals surface area (Å²) in [5.74, 6) is -0.474. The van der Waals surface area contributed by atoms with Crippen molar-refractivity contribution in [1.82, 2.24) is 4.72 Å². The highest BCUT2D eigenvalue weighted by molar-refractivity contribution is 9.10. The molecule has 1 atom stereocenters. The summed E-state index contributed by atoms with van der Waals surface area (Å²) >= 11 is 3.35. The third kappa shape index (κ3) is 4.66. The summed E-state index contributed by atoms with van der Waals surface area (Å²) in [6.07, 6.45) is 0. The van der Waals surface area contributed by atoms with E-state index in [0.717, 1.165) is 10.0 Å². The SMILES string of the molecule is CCOC(=O)c1ccc(S(=O)(=O)N[C@@H](C)c2ccc(Br)cc2)cc1. The van der Waals surface area contributed by atoms with Gasteiger partial charge in [0.05, 0.1) is 17.1 Å². The largest absolute Gasteiger partial charge is 0.462 e. The fourth-order valence-electron chi connectivity index (χ4n) is 2.10. The second-order valence-electron chi connectivity index (χ2n) is 5.14. The first-order valence-corrected chi connectivity index (χ1v) is 9.66. The maximum absolute atomic E-state index is 12.5. The Labute approximate surface area is 150 Å². The Morgan fingerprint density at radius 2 is 1.71 bits per heavy atom. The van der Waals surface area contributed by atoms with Gasteiger partial charge in [0.1, 0.15) is 0 Å². The summed E-state index contributed by atoms with van der Waals surface area (Å²) in [5.41, 5.74) is 1.17. The predicted molar refractivity (Wildman–Crippen MR) is 95.3 cm³/mol. The summed E-state index contributed by atoms with van der Waals surface area (Å²) in [6, 6.07) is 12.7. The van der Waals surface area contributed by atoms with Crippen molar-refractivity contribution in [1.29, 1.82) is 0 Å². The van der Waals surface area contributed by atoms with E-state index >= 15 is 0 Å². The van der Waals surface area contributed by atoms with Gasteiger partial charge in [0.25, 0.3) is 0 Å². The molecule has 2 aromatic carbocycles. The molecule has 0 aromatic heterocycles. The molecule has 1 N–H and O–H groups in total. The van der Waals surface area contributed by atoms with Gasteiger partial charge in [-0.2, -0.15) is 0 Å². The summed E-state index contributed by atoms with van der Waals surface area (Å²) in [5, 5.41) is 0. The molecule has 128 valence electrons. The highest BCUT2D eigenvalue weighted by Gasteiger charge is 2.19. The maximum atomic E-state index is 12.5. The first-order chi connectivity index (χ1) is 11.3. The highest BCUT2D eigenvalue weighted by Crippen LogP contribution is 2.19. The Hall–Kier alpha value is -1.70. The fraction of sp³-hybridized carbons (Fsp3) is 0.235. The van der Waals surface area contributed by atoms with Gasteiger partial charge in [-0.05, 0) is 55.8 Å². The lowest BCUT2D eigenvalue weighted by atomic mass is 10.1. The van der Waals surface area contributed by atoms with Crippen LogP contribution >= 0.6 is 15.9 Å². The van der Waals surface area contributed by atoms with E-state index in [2.05, 4.69) is 20.7 Å². The molecule has 24 heavy (non-hydrogen) atoms. The van der Waals surface area contributed by atoms with E-state index in [9.17, 15) is 13.2 Å². The number of sulfonamides is 1. The van der Waals surface area contributed by atoms with E-state index in [1.54, 1.807) is 13.8 Å². The number of hydrogen-bond acceptors (Lipinski definition) is 4. The summed E-state index contributed by atoms with van der Waals surface area (Å²) < 4.78 is 33.3. The zero-order valence-electron chi connectivity index (χ0n) is 13.3. The summed E-state index contributed by atoms with van der Waals surface area (Å²) in [4.78, 5) is 11.7. The van der Waals surface area contributed by atoms with Gasteiger partial charge in [-0.25, -0.2) is 17.9 Å². The van der Waals surface area contributed by atoms with E-state index in [0.29, 0.717) is 5.56 Å². The second-order valence-corrected chi connectivity index (χ2v) is 7.77. The fourth-order valence-corrected chi connectivity index (χ4v) is 3.60. The van der Waals surface area contributed by atoms with E-state index in [1.807, 2.05) is 24.3 Å². The monoisotopic (exact) mass is 411 g/mol. The van der Waals surface area contributed by atoms with Gasteiger partial charge in [0.15, 0.2) is 0 Å². The Morgan fingerprint density at radius 3 is 2.25 bits per heavy atom. The van der Waals surface area contributed by atoms with Crippen molar-refractivity contribution in [2.24, 2.45) is 0 Å². The van der Waals surface area contributed by atoms with Gasteiger partial charge < -0.3 is 4.74 Å². The minimum atomic E-state index is -3.69. The minimum absolute atomic E-state index is 0.0968. The van der Waals surface area contributed by atoms with Crippen LogP contribution in [0.25, 0.3) is 0 Å². The van der Waals surface area contributed by atoms with Gasteiger partial charge >= 0.3 is 5.97 Å². The molecule has 0 fully saturated rings. The average molecular weight is 412 g/mol. The molecule has 0 radical (unpaired) electrons. The number of benzene rings is 2. The lowest BCUT2D eigenvalue weighted by Gasteiger charge is -2.15. The quantitative estimate of drug-likeness (QED) is 0.735. The molecule has 0 heterocycles. The Morgan fingerprint density at radius 1 is 1.12 bits per heavy atom. The molecule has 0 aliphatic rings. The molecule has 0 saturated heterocycles. The molecule has 2 aromatic rings. The van der Waals surface area contributed by atoms with Crippen molar-refractivity contribution in [2.75, 3.05) is 6.61 Å². The molecule has 2 rings (SSSR count). The minimum Gasteiger partial charge on any atom is -0.462 e. The van der Waals surface area contributed by atoms with Crippen molar-refractivity contribution in [3.05, 3.63) is 64.1 Å². The van der Waals surface area contributed by atoms with Crippen LogP contribution in [0.4, 0.5) is 0 Å². The van der Waals surface area contributed by atoms with E-state index in [1.165, 1.54) is 24.3 Å². The van der Waals surface area contributed by atoms with Crippen molar-refractivity contribution >= 4 is 31.9 Å². The van der Waals surface area contributed by atoms with E-state index in [4.69, 9.17) is 4.74 Å². The number of rotatable bonds is 6. The normalized spacial score (nSPS) is 12.6. The molecule has 0 bridgehead atoms. The van der Waals surface area contributed by atoms with E-state index in [-0.39, 0.29) is 17.5 Å². The Balaban J connectivity index is 2.15. The smallest absolute Gasteiger partial charge is 0.338 e. The Bertz CT molecular complexity index is 801. The van der Waals surface area contributed by atoms with Crippen LogP contribution < -0.4 is 4.72 Å². The molecule has 0 aliphatic heterocycles. The van der Waals surface area contributed by atoms with Crippen LogP contribution in [0, 0.1) is 0 Å². The molecule has 0 amide bonds. The third-order valence-corrected chi connectivity index (χ3v) is 5.46. The number of carbonyl (C=O) groups excluding carboxylic acids is 1. The average Bonchev–Trinajstić information content (AvgIpc) is 2.55. The standard InChI is InChI=1S/C17H18BrNO4S/c1-3-23-17(20)14-6-10-16(11-7-14)24(21,22)19-12(2)13-4-8-15(18)9-5-13/h4-12,19H,3H2,1-2H3/t12-/m0/s1. The van der Waals surface area contributed by atoms with Crippen LogP contribution in [-0.4, -0.2) is 21.0 Å². The predicted octanol–water partition coefficient (Wildman–Crippen LogP) is 3.67. The van der Waals surface area contributed by atoms with Crippen LogP contribution in [-0.2, 0) is 14.8 Å². The molecule has 0 unspecified atom stereocenters. The lowest BCUT2D eigenvalue weighted by Crippen LogP contribution is -2.26. The molecule has 0 aliphatic carbocycles. The van der Waals surface area contributed by atoms with Crippen molar-refractivity contribution in [3.8, 4) is 0 Å². The lowest BCUT2D eigenvalue weighted by molar-refractivity contribution is 0.0526. The number of ether oxygens (including phenoxy) is 1. The number of hydrogen-bond donors (Lipinski definition) is 1. The second kappa shape index (κ2) is 7.92. The zero-order valence-corrected chi connectivity index (χ0v) is 15.7. The molecular formula is C17H18BrNO4S. The summed E-state index contributed by atoms with van der Waals surface area (Å²) in [7, 11) is -3.69. The molecule has 7 heteroatoms. The van der Waals surface area contributed by atoms with Gasteiger partial charge in [-0.3, -0.25) is 0 Å². The number of halogens is 1. The Kier molecular flexibility index (Phi) is 6.15. The van der Waals surface area contributed by atoms with Gasteiger partial charge in [0, 0.05) is 10.5 Å². The third-order valence-electron chi connectivity index (χ3n) is 3.38. The van der Waals surface area contributed by atoms with Crippen molar-refractivity contribution in [2.45, 2.75) is 24.8 Å². The first-order valence-electron chi connectivity index (χ1n) is 7.38. The molecular weight excluding hydrogens is 394 g/mol. The van der Waals surface area contributed by atoms with Crippen LogP contribution in [0.2, 0.25) is 0 Å². The van der Waals surface area contributed by atoms with Crippen LogP contribution in [0.5, 0.6) is 0 Å². The number of carbonyl (C=O) groups is 1. The van der Waals surface area contributed by atoms with Crippen LogP contribution in [0.15, 0.2) is 57.9 Å². The van der Waals surface area contributed by atoms with Gasteiger partial charge in [-0.15, -0.1) is 0 Å². The van der Waals surface area contributed by atoms with Crippen molar-refractivity contribution in [3.63, 3.8) is 0 Å².